The lowest BCUT2D eigenvalue weighted by Crippen LogP contribution is -2.25. The molecule has 0 fully saturated rings. The van der Waals surface area contributed by atoms with Crippen molar-refractivity contribution in [1.82, 2.24) is 20.3 Å². The first-order valence-electron chi connectivity index (χ1n) is 3.57. The molecule has 5 nitrogen and oxygen atoms in total. The molecule has 1 N–H and O–H groups in total. The molecule has 0 aliphatic heterocycles. The first kappa shape index (κ1) is 8.45. The van der Waals surface area contributed by atoms with Crippen molar-refractivity contribution in [1.29, 1.82) is 0 Å². The number of nitrogens with one attached hydrogen (secondary N) is 1. The zero-order chi connectivity index (χ0) is 8.81. The van der Waals surface area contributed by atoms with Crippen LogP contribution in [0.2, 0.25) is 0 Å². The Bertz CT molecular complexity index is 254. The van der Waals surface area contributed by atoms with Gasteiger partial charge >= 0.3 is 0 Å². The highest BCUT2D eigenvalue weighted by molar-refractivity contribution is 5.86. The van der Waals surface area contributed by atoms with Crippen molar-refractivity contribution in [2.24, 2.45) is 0 Å². The van der Waals surface area contributed by atoms with Crippen LogP contribution in [0, 0.1) is 0 Å². The van der Waals surface area contributed by atoms with E-state index in [1.54, 1.807) is 17.1 Å². The van der Waals surface area contributed by atoms with Gasteiger partial charge in [-0.2, -0.15) is 0 Å². The third kappa shape index (κ3) is 2.53. The number of aromatic nitrogens is 3. The lowest BCUT2D eigenvalue weighted by atomic mass is 10.5. The monoisotopic (exact) mass is 166 g/mol. The topological polar surface area (TPSA) is 59.8 Å². The fourth-order valence-corrected chi connectivity index (χ4v) is 0.718. The molecule has 1 heterocycles. The normalized spacial score (nSPS) is 9.33. The predicted molar refractivity (Wildman–Crippen MR) is 43.2 cm³/mol. The van der Waals surface area contributed by atoms with Crippen LogP contribution in [-0.2, 0) is 11.3 Å². The Balaban J connectivity index is 2.19. The second kappa shape index (κ2) is 4.27. The predicted octanol–water partition coefficient (Wildman–Crippen LogP) is -0.420. The zero-order valence-corrected chi connectivity index (χ0v) is 6.60. The van der Waals surface area contributed by atoms with Crippen LogP contribution in [0.4, 0.5) is 0 Å². The van der Waals surface area contributed by atoms with Crippen LogP contribution in [0.15, 0.2) is 25.0 Å². The summed E-state index contributed by atoms with van der Waals surface area (Å²) in [6.07, 6.45) is 4.57. The summed E-state index contributed by atoms with van der Waals surface area (Å²) in [6, 6.07) is 0. The Labute approximate surface area is 70.1 Å². The molecule has 1 amide bonds. The number of carbonyl (C=O) groups excluding carboxylic acids is 1. The quantitative estimate of drug-likeness (QED) is 0.618. The standard InChI is InChI=1S/C7H10N4O/c1-2-7(12)8-3-5-11-6-4-9-10-11/h2,4,6H,1,3,5H2,(H,8,12). The van der Waals surface area contributed by atoms with Gasteiger partial charge in [0.05, 0.1) is 12.7 Å². The first-order chi connectivity index (χ1) is 5.83. The molecule has 0 aliphatic rings. The molecule has 0 saturated heterocycles. The summed E-state index contributed by atoms with van der Waals surface area (Å²) in [7, 11) is 0. The molecule has 1 aromatic heterocycles. The van der Waals surface area contributed by atoms with E-state index >= 15 is 0 Å². The van der Waals surface area contributed by atoms with Crippen LogP contribution in [0.5, 0.6) is 0 Å². The molecule has 0 spiro atoms. The lowest BCUT2D eigenvalue weighted by Gasteiger charge is -2.00. The van der Waals surface area contributed by atoms with E-state index in [9.17, 15) is 4.79 Å². The fourth-order valence-electron chi connectivity index (χ4n) is 0.718. The molecule has 12 heavy (non-hydrogen) atoms. The molecular formula is C7H10N4O. The van der Waals surface area contributed by atoms with E-state index in [-0.39, 0.29) is 5.91 Å². The van der Waals surface area contributed by atoms with E-state index in [4.69, 9.17) is 0 Å². The minimum absolute atomic E-state index is 0.171. The number of rotatable bonds is 4. The minimum atomic E-state index is -0.171. The number of hydrogen-bond acceptors (Lipinski definition) is 3. The maximum Gasteiger partial charge on any atom is 0.243 e. The highest BCUT2D eigenvalue weighted by atomic mass is 16.1. The van der Waals surface area contributed by atoms with Crippen molar-refractivity contribution in [2.75, 3.05) is 6.54 Å². The van der Waals surface area contributed by atoms with Gasteiger partial charge in [0.25, 0.3) is 0 Å². The van der Waals surface area contributed by atoms with Crippen LogP contribution in [-0.4, -0.2) is 27.4 Å². The highest BCUT2D eigenvalue weighted by Crippen LogP contribution is 1.78. The molecule has 0 aliphatic carbocycles. The molecule has 0 radical (unpaired) electrons. The van der Waals surface area contributed by atoms with E-state index in [1.165, 1.54) is 6.08 Å². The summed E-state index contributed by atoms with van der Waals surface area (Å²) in [5.74, 6) is -0.171. The Morgan fingerprint density at radius 1 is 1.75 bits per heavy atom. The number of nitrogens with zero attached hydrogens (tertiary/aromatic N) is 3. The maximum absolute atomic E-state index is 10.7. The van der Waals surface area contributed by atoms with E-state index in [1.807, 2.05) is 0 Å². The van der Waals surface area contributed by atoms with Crippen LogP contribution in [0.3, 0.4) is 0 Å². The van der Waals surface area contributed by atoms with E-state index < -0.39 is 0 Å². The molecule has 0 bridgehead atoms. The van der Waals surface area contributed by atoms with Gasteiger partial charge in [0, 0.05) is 12.7 Å². The summed E-state index contributed by atoms with van der Waals surface area (Å²) in [6.45, 7) is 4.49. The van der Waals surface area contributed by atoms with Crippen LogP contribution >= 0.6 is 0 Å². The molecule has 0 aromatic carbocycles. The van der Waals surface area contributed by atoms with Gasteiger partial charge in [-0.1, -0.05) is 11.8 Å². The molecule has 1 rings (SSSR count). The molecular weight excluding hydrogens is 156 g/mol. The zero-order valence-electron chi connectivity index (χ0n) is 6.60. The molecule has 0 atom stereocenters. The largest absolute Gasteiger partial charge is 0.351 e. The number of hydrogen-bond donors (Lipinski definition) is 1. The summed E-state index contributed by atoms with van der Waals surface area (Å²) >= 11 is 0. The molecule has 1 aromatic rings. The second-order valence-corrected chi connectivity index (χ2v) is 2.16. The molecule has 0 saturated carbocycles. The van der Waals surface area contributed by atoms with Gasteiger partial charge in [0.2, 0.25) is 5.91 Å². The second-order valence-electron chi connectivity index (χ2n) is 2.16. The van der Waals surface area contributed by atoms with Gasteiger partial charge < -0.3 is 5.32 Å². The summed E-state index contributed by atoms with van der Waals surface area (Å²) in [4.78, 5) is 10.7. The summed E-state index contributed by atoms with van der Waals surface area (Å²) in [5.41, 5.74) is 0. The Kier molecular flexibility index (Phi) is 3.01. The summed E-state index contributed by atoms with van der Waals surface area (Å²) < 4.78 is 1.64. The van der Waals surface area contributed by atoms with Crippen molar-refractivity contribution in [2.45, 2.75) is 6.54 Å². The SMILES string of the molecule is C=CC(=O)NCCn1ccnn1. The highest BCUT2D eigenvalue weighted by Gasteiger charge is 1.93. The number of carbonyl (C=O) groups is 1. The van der Waals surface area contributed by atoms with Crippen molar-refractivity contribution < 1.29 is 4.79 Å². The van der Waals surface area contributed by atoms with E-state index in [0.29, 0.717) is 13.1 Å². The van der Waals surface area contributed by atoms with E-state index in [0.717, 1.165) is 0 Å². The average molecular weight is 166 g/mol. The van der Waals surface area contributed by atoms with Crippen molar-refractivity contribution in [3.05, 3.63) is 25.0 Å². The van der Waals surface area contributed by atoms with E-state index in [2.05, 4.69) is 22.2 Å². The molecule has 5 heteroatoms. The van der Waals surface area contributed by atoms with Crippen LogP contribution in [0.1, 0.15) is 0 Å². The lowest BCUT2D eigenvalue weighted by molar-refractivity contribution is -0.116. The van der Waals surface area contributed by atoms with Crippen molar-refractivity contribution >= 4 is 5.91 Å². The third-order valence-corrected chi connectivity index (χ3v) is 1.30. The Morgan fingerprint density at radius 3 is 3.17 bits per heavy atom. The van der Waals surface area contributed by atoms with Gasteiger partial charge in [-0.3, -0.25) is 9.48 Å². The van der Waals surface area contributed by atoms with Gasteiger partial charge in [-0.15, -0.1) is 5.10 Å². The molecule has 0 unspecified atom stereocenters. The Morgan fingerprint density at radius 2 is 2.58 bits per heavy atom. The van der Waals surface area contributed by atoms with Gasteiger partial charge in [-0.05, 0) is 6.08 Å². The molecule has 64 valence electrons. The van der Waals surface area contributed by atoms with Crippen LogP contribution in [0.25, 0.3) is 0 Å². The maximum atomic E-state index is 10.7. The smallest absolute Gasteiger partial charge is 0.243 e. The van der Waals surface area contributed by atoms with Crippen molar-refractivity contribution in [3.8, 4) is 0 Å². The Hall–Kier alpha value is -1.65. The van der Waals surface area contributed by atoms with Gasteiger partial charge in [0.15, 0.2) is 0 Å². The van der Waals surface area contributed by atoms with Gasteiger partial charge in [-0.25, -0.2) is 0 Å². The van der Waals surface area contributed by atoms with Crippen LogP contribution < -0.4 is 5.32 Å². The summed E-state index contributed by atoms with van der Waals surface area (Å²) in [5, 5.41) is 9.97. The third-order valence-electron chi connectivity index (χ3n) is 1.30. The minimum Gasteiger partial charge on any atom is -0.351 e. The first-order valence-corrected chi connectivity index (χ1v) is 3.57. The number of amides is 1. The van der Waals surface area contributed by atoms with Gasteiger partial charge in [0.1, 0.15) is 0 Å². The average Bonchev–Trinajstić information content (AvgIpc) is 2.57. The van der Waals surface area contributed by atoms with Crippen molar-refractivity contribution in [3.63, 3.8) is 0 Å². The fraction of sp³-hybridized carbons (Fsp3) is 0.286.